The van der Waals surface area contributed by atoms with Crippen LogP contribution in [0.4, 0.5) is 0 Å². The first kappa shape index (κ1) is 23.4. The number of unbranched alkanes of at least 4 members (excludes halogenated alkanes) is 6. The van der Waals surface area contributed by atoms with Crippen molar-refractivity contribution in [2.75, 3.05) is 0 Å². The fraction of sp³-hybridized carbons (Fsp3) is 0.955. The molecule has 0 saturated carbocycles. The van der Waals surface area contributed by atoms with Gasteiger partial charge in [0.2, 0.25) is 0 Å². The van der Waals surface area contributed by atoms with Gasteiger partial charge in [0.15, 0.2) is 5.79 Å². The minimum absolute atomic E-state index is 0.0772. The molecule has 0 radical (unpaired) electrons. The third kappa shape index (κ3) is 9.91. The number of esters is 1. The fourth-order valence-electron chi connectivity index (χ4n) is 3.82. The van der Waals surface area contributed by atoms with Gasteiger partial charge in [-0.25, -0.2) is 0 Å². The van der Waals surface area contributed by atoms with Crippen molar-refractivity contribution in [2.24, 2.45) is 0 Å². The van der Waals surface area contributed by atoms with E-state index in [9.17, 15) is 4.79 Å². The summed E-state index contributed by atoms with van der Waals surface area (Å²) in [4.78, 5) is 11.1. The summed E-state index contributed by atoms with van der Waals surface area (Å²) in [7, 11) is 0. The Morgan fingerprint density at radius 2 is 1.46 bits per heavy atom. The quantitative estimate of drug-likeness (QED) is 0.271. The highest BCUT2D eigenvalue weighted by atomic mass is 16.7. The fourth-order valence-corrected chi connectivity index (χ4v) is 3.82. The van der Waals surface area contributed by atoms with Gasteiger partial charge in [0.05, 0.1) is 12.2 Å². The summed E-state index contributed by atoms with van der Waals surface area (Å²) in [5.74, 6) is -0.612. The van der Waals surface area contributed by atoms with E-state index < -0.39 is 5.79 Å². The van der Waals surface area contributed by atoms with E-state index in [4.69, 9.17) is 14.2 Å². The predicted octanol–water partition coefficient (Wildman–Crippen LogP) is 6.16. The molecular weight excluding hydrogens is 328 g/mol. The van der Waals surface area contributed by atoms with E-state index in [1.165, 1.54) is 39.0 Å². The average Bonchev–Trinajstić information content (AvgIpc) is 2.86. The van der Waals surface area contributed by atoms with Crippen molar-refractivity contribution in [3.05, 3.63) is 0 Å². The Balaban J connectivity index is 2.24. The van der Waals surface area contributed by atoms with Crippen molar-refractivity contribution in [1.82, 2.24) is 0 Å². The highest BCUT2D eigenvalue weighted by Gasteiger charge is 2.40. The van der Waals surface area contributed by atoms with Crippen LogP contribution in [-0.2, 0) is 19.0 Å². The summed E-state index contributed by atoms with van der Waals surface area (Å²) >= 11 is 0. The summed E-state index contributed by atoms with van der Waals surface area (Å²) in [6.45, 7) is 9.88. The molecule has 0 spiro atoms. The molecule has 3 atom stereocenters. The lowest BCUT2D eigenvalue weighted by Gasteiger charge is -2.17. The Labute approximate surface area is 161 Å². The number of carbonyl (C=O) groups excluding carboxylic acids is 1. The van der Waals surface area contributed by atoms with E-state index in [0.29, 0.717) is 0 Å². The molecule has 0 aromatic rings. The molecule has 1 heterocycles. The van der Waals surface area contributed by atoms with E-state index >= 15 is 0 Å². The monoisotopic (exact) mass is 370 g/mol. The molecule has 1 saturated heterocycles. The second-order valence-corrected chi connectivity index (χ2v) is 8.19. The van der Waals surface area contributed by atoms with Crippen LogP contribution in [0.3, 0.4) is 0 Å². The smallest absolute Gasteiger partial charge is 0.302 e. The Morgan fingerprint density at radius 3 is 1.96 bits per heavy atom. The van der Waals surface area contributed by atoms with Crippen LogP contribution in [0.25, 0.3) is 0 Å². The van der Waals surface area contributed by atoms with Crippen molar-refractivity contribution in [1.29, 1.82) is 0 Å². The largest absolute Gasteiger partial charge is 0.463 e. The number of carbonyl (C=O) groups is 1. The number of rotatable bonds is 14. The zero-order valence-electron chi connectivity index (χ0n) is 17.9. The molecule has 26 heavy (non-hydrogen) atoms. The summed E-state index contributed by atoms with van der Waals surface area (Å²) in [5.41, 5.74) is 0. The molecule has 0 aromatic heterocycles. The van der Waals surface area contributed by atoms with Crippen molar-refractivity contribution in [2.45, 2.75) is 136 Å². The molecule has 1 rings (SSSR count). The highest BCUT2D eigenvalue weighted by molar-refractivity contribution is 5.66. The Morgan fingerprint density at radius 1 is 0.923 bits per heavy atom. The first-order valence-electron chi connectivity index (χ1n) is 10.9. The Kier molecular flexibility index (Phi) is 11.5. The van der Waals surface area contributed by atoms with Crippen LogP contribution in [0.2, 0.25) is 0 Å². The maximum atomic E-state index is 11.1. The molecule has 1 aliphatic rings. The topological polar surface area (TPSA) is 44.8 Å². The van der Waals surface area contributed by atoms with Crippen LogP contribution < -0.4 is 0 Å². The van der Waals surface area contributed by atoms with Gasteiger partial charge in [-0.05, 0) is 46.0 Å². The summed E-state index contributed by atoms with van der Waals surface area (Å²) in [6.07, 6.45) is 14.5. The minimum atomic E-state index is -0.443. The lowest BCUT2D eigenvalue weighted by molar-refractivity contribution is -0.147. The zero-order valence-corrected chi connectivity index (χ0v) is 17.9. The number of ether oxygens (including phenoxy) is 3. The van der Waals surface area contributed by atoms with Gasteiger partial charge in [-0.1, -0.05) is 58.8 Å². The molecule has 0 N–H and O–H groups in total. The normalized spacial score (nSPS) is 23.1. The molecule has 0 bridgehead atoms. The van der Waals surface area contributed by atoms with Crippen molar-refractivity contribution < 1.29 is 19.0 Å². The molecule has 154 valence electrons. The molecule has 0 aromatic carbocycles. The Hall–Kier alpha value is -0.610. The molecule has 0 amide bonds. The summed E-state index contributed by atoms with van der Waals surface area (Å²) in [5, 5.41) is 0. The predicted molar refractivity (Wildman–Crippen MR) is 106 cm³/mol. The molecule has 1 fully saturated rings. The lowest BCUT2D eigenvalue weighted by Crippen LogP contribution is -2.22. The third-order valence-corrected chi connectivity index (χ3v) is 5.18. The van der Waals surface area contributed by atoms with Crippen LogP contribution in [0.15, 0.2) is 0 Å². The average molecular weight is 371 g/mol. The third-order valence-electron chi connectivity index (χ3n) is 5.18. The van der Waals surface area contributed by atoms with E-state index in [-0.39, 0.29) is 24.3 Å². The minimum Gasteiger partial charge on any atom is -0.463 e. The molecule has 0 aliphatic carbocycles. The van der Waals surface area contributed by atoms with Crippen LogP contribution in [-0.4, -0.2) is 30.1 Å². The standard InChI is InChI=1S/C22H42O4/c1-6-8-9-10-13-16-20-21(26-22(4,5)25-20)17-14-11-12-15-19(7-2)24-18(3)23/h19-21H,6-17H2,1-5H3/t19-,20-,21-/m1/s1. The molecular formula is C22H42O4. The summed E-state index contributed by atoms with van der Waals surface area (Å²) < 4.78 is 17.6. The van der Waals surface area contributed by atoms with E-state index in [1.54, 1.807) is 0 Å². The van der Waals surface area contributed by atoms with Gasteiger partial charge in [-0.15, -0.1) is 0 Å². The van der Waals surface area contributed by atoms with Gasteiger partial charge in [0.25, 0.3) is 0 Å². The second-order valence-electron chi connectivity index (χ2n) is 8.19. The van der Waals surface area contributed by atoms with Crippen molar-refractivity contribution in [3.63, 3.8) is 0 Å². The molecule has 4 heteroatoms. The summed E-state index contributed by atoms with van der Waals surface area (Å²) in [6, 6.07) is 0. The lowest BCUT2D eigenvalue weighted by atomic mass is 9.99. The van der Waals surface area contributed by atoms with Crippen molar-refractivity contribution in [3.8, 4) is 0 Å². The van der Waals surface area contributed by atoms with E-state index in [1.807, 2.05) is 13.8 Å². The molecule has 1 aliphatic heterocycles. The first-order valence-corrected chi connectivity index (χ1v) is 10.9. The Bertz CT molecular complexity index is 380. The highest BCUT2D eigenvalue weighted by Crippen LogP contribution is 2.33. The van der Waals surface area contributed by atoms with Gasteiger partial charge in [-0.2, -0.15) is 0 Å². The van der Waals surface area contributed by atoms with Crippen molar-refractivity contribution >= 4 is 5.97 Å². The maximum absolute atomic E-state index is 11.1. The zero-order chi connectivity index (χ0) is 19.4. The van der Waals surface area contributed by atoms with E-state index in [0.717, 1.165) is 44.9 Å². The van der Waals surface area contributed by atoms with Gasteiger partial charge in [0.1, 0.15) is 6.10 Å². The van der Waals surface area contributed by atoms with Gasteiger partial charge in [-0.3, -0.25) is 4.79 Å². The van der Waals surface area contributed by atoms with Crippen LogP contribution in [0.5, 0.6) is 0 Å². The first-order chi connectivity index (χ1) is 12.4. The number of hydrogen-bond donors (Lipinski definition) is 0. The van der Waals surface area contributed by atoms with Crippen LogP contribution >= 0.6 is 0 Å². The van der Waals surface area contributed by atoms with Crippen LogP contribution in [0.1, 0.15) is 112 Å². The molecule has 0 unspecified atom stereocenters. The van der Waals surface area contributed by atoms with Gasteiger partial charge in [0, 0.05) is 6.92 Å². The SMILES string of the molecule is CCCCCCC[C@H]1OC(C)(C)O[C@@H]1CCCCC[C@@H](CC)OC(C)=O. The maximum Gasteiger partial charge on any atom is 0.302 e. The van der Waals surface area contributed by atoms with E-state index in [2.05, 4.69) is 13.8 Å². The van der Waals surface area contributed by atoms with Gasteiger partial charge < -0.3 is 14.2 Å². The second kappa shape index (κ2) is 12.7. The van der Waals surface area contributed by atoms with Gasteiger partial charge >= 0.3 is 5.97 Å². The molecule has 4 nitrogen and oxygen atoms in total. The van der Waals surface area contributed by atoms with Crippen LogP contribution in [0, 0.1) is 0 Å². The number of hydrogen-bond acceptors (Lipinski definition) is 4.